The molecular weight excluding hydrogens is 214 g/mol. The topological polar surface area (TPSA) is 26.0 Å². The second-order valence-electron chi connectivity index (χ2n) is 5.72. The Labute approximate surface area is 103 Å². The van der Waals surface area contributed by atoms with Crippen LogP contribution in [0.15, 0.2) is 17.5 Å². The molecule has 2 rings (SSSR count). The molecule has 0 saturated heterocycles. The normalized spacial score (nSPS) is 30.9. The molecule has 1 fully saturated rings. The Kier molecular flexibility index (Phi) is 3.70. The van der Waals surface area contributed by atoms with E-state index in [4.69, 9.17) is 5.73 Å². The van der Waals surface area contributed by atoms with Gasteiger partial charge in [0.15, 0.2) is 0 Å². The Morgan fingerprint density at radius 3 is 3.00 bits per heavy atom. The van der Waals surface area contributed by atoms with E-state index >= 15 is 0 Å². The fourth-order valence-electron chi connectivity index (χ4n) is 2.93. The van der Waals surface area contributed by atoms with E-state index in [9.17, 15) is 0 Å². The first-order chi connectivity index (χ1) is 7.59. The third kappa shape index (κ3) is 2.86. The molecule has 1 nitrogen and oxygen atoms in total. The van der Waals surface area contributed by atoms with Gasteiger partial charge in [0, 0.05) is 10.4 Å². The molecule has 1 heterocycles. The van der Waals surface area contributed by atoms with Gasteiger partial charge in [-0.2, -0.15) is 0 Å². The van der Waals surface area contributed by atoms with Gasteiger partial charge >= 0.3 is 0 Å². The molecule has 0 aromatic carbocycles. The van der Waals surface area contributed by atoms with Crippen LogP contribution in [0.5, 0.6) is 0 Å². The summed E-state index contributed by atoms with van der Waals surface area (Å²) in [5.41, 5.74) is 6.65. The molecule has 0 aliphatic heterocycles. The van der Waals surface area contributed by atoms with Crippen molar-refractivity contribution < 1.29 is 0 Å². The van der Waals surface area contributed by atoms with E-state index in [1.165, 1.54) is 30.6 Å². The zero-order valence-electron chi connectivity index (χ0n) is 10.4. The first kappa shape index (κ1) is 12.1. The summed E-state index contributed by atoms with van der Waals surface area (Å²) in [7, 11) is 0. The van der Waals surface area contributed by atoms with Crippen molar-refractivity contribution in [1.82, 2.24) is 0 Å². The van der Waals surface area contributed by atoms with Gasteiger partial charge < -0.3 is 5.73 Å². The monoisotopic (exact) mass is 237 g/mol. The summed E-state index contributed by atoms with van der Waals surface area (Å²) in [6, 6.07) is 4.35. The van der Waals surface area contributed by atoms with Crippen molar-refractivity contribution in [2.24, 2.45) is 17.6 Å². The minimum atomic E-state index is 0.0675. The number of hydrogen-bond donors (Lipinski definition) is 1. The smallest absolute Gasteiger partial charge is 0.0205 e. The van der Waals surface area contributed by atoms with Crippen LogP contribution >= 0.6 is 11.3 Å². The summed E-state index contributed by atoms with van der Waals surface area (Å²) in [5.74, 6) is 1.62. The van der Waals surface area contributed by atoms with Gasteiger partial charge in [-0.1, -0.05) is 32.8 Å². The lowest BCUT2D eigenvalue weighted by Crippen LogP contribution is -2.46. The van der Waals surface area contributed by atoms with Crippen LogP contribution in [0, 0.1) is 11.8 Å². The third-order valence-electron chi connectivity index (χ3n) is 3.97. The Balaban J connectivity index is 2.01. The van der Waals surface area contributed by atoms with Gasteiger partial charge in [-0.05, 0) is 42.5 Å². The van der Waals surface area contributed by atoms with Crippen molar-refractivity contribution in [3.63, 3.8) is 0 Å². The van der Waals surface area contributed by atoms with Crippen molar-refractivity contribution in [3.05, 3.63) is 22.4 Å². The maximum atomic E-state index is 6.59. The zero-order chi connectivity index (χ0) is 11.6. The summed E-state index contributed by atoms with van der Waals surface area (Å²) >= 11 is 1.84. The minimum Gasteiger partial charge on any atom is -0.325 e. The Morgan fingerprint density at radius 1 is 1.56 bits per heavy atom. The van der Waals surface area contributed by atoms with Crippen molar-refractivity contribution >= 4 is 11.3 Å². The molecule has 0 radical (unpaired) electrons. The molecule has 2 atom stereocenters. The third-order valence-corrected chi connectivity index (χ3v) is 4.84. The van der Waals surface area contributed by atoms with Crippen LogP contribution in [0.2, 0.25) is 0 Å². The van der Waals surface area contributed by atoms with Crippen LogP contribution in [0.4, 0.5) is 0 Å². The molecule has 1 aromatic rings. The summed E-state index contributed by atoms with van der Waals surface area (Å²) < 4.78 is 0. The van der Waals surface area contributed by atoms with Gasteiger partial charge in [-0.3, -0.25) is 0 Å². The van der Waals surface area contributed by atoms with Crippen LogP contribution < -0.4 is 5.73 Å². The van der Waals surface area contributed by atoms with E-state index in [0.29, 0.717) is 0 Å². The van der Waals surface area contributed by atoms with Gasteiger partial charge in [-0.15, -0.1) is 11.3 Å². The van der Waals surface area contributed by atoms with Crippen LogP contribution in [-0.2, 0) is 6.42 Å². The Bertz CT molecular complexity index is 317. The van der Waals surface area contributed by atoms with Crippen molar-refractivity contribution in [2.45, 2.75) is 51.5 Å². The van der Waals surface area contributed by atoms with E-state index in [0.717, 1.165) is 18.3 Å². The van der Waals surface area contributed by atoms with Crippen LogP contribution in [0.3, 0.4) is 0 Å². The molecule has 0 bridgehead atoms. The zero-order valence-corrected chi connectivity index (χ0v) is 11.2. The lowest BCUT2D eigenvalue weighted by molar-refractivity contribution is 0.183. The Hall–Kier alpha value is -0.340. The predicted molar refractivity (Wildman–Crippen MR) is 71.7 cm³/mol. The van der Waals surface area contributed by atoms with Crippen molar-refractivity contribution in [2.75, 3.05) is 0 Å². The number of rotatable bonds is 3. The fourth-order valence-corrected chi connectivity index (χ4v) is 3.79. The first-order valence-corrected chi connectivity index (χ1v) is 7.28. The first-order valence-electron chi connectivity index (χ1n) is 6.40. The molecule has 0 spiro atoms. The molecule has 1 aromatic heterocycles. The summed E-state index contributed by atoms with van der Waals surface area (Å²) in [5, 5.41) is 2.15. The van der Waals surface area contributed by atoms with Crippen LogP contribution in [-0.4, -0.2) is 5.54 Å². The van der Waals surface area contributed by atoms with Gasteiger partial charge in [0.05, 0.1) is 0 Å². The van der Waals surface area contributed by atoms with Gasteiger partial charge in [0.25, 0.3) is 0 Å². The van der Waals surface area contributed by atoms with E-state index < -0.39 is 0 Å². The van der Waals surface area contributed by atoms with Gasteiger partial charge in [0.1, 0.15) is 0 Å². The fraction of sp³-hybridized carbons (Fsp3) is 0.714. The van der Waals surface area contributed by atoms with E-state index in [2.05, 4.69) is 31.4 Å². The highest BCUT2D eigenvalue weighted by molar-refractivity contribution is 7.09. The highest BCUT2D eigenvalue weighted by Gasteiger charge is 2.34. The van der Waals surface area contributed by atoms with Crippen LogP contribution in [0.1, 0.15) is 44.4 Å². The molecule has 2 unspecified atom stereocenters. The summed E-state index contributed by atoms with van der Waals surface area (Å²) in [6.07, 6.45) is 6.18. The maximum absolute atomic E-state index is 6.59. The lowest BCUT2D eigenvalue weighted by atomic mass is 9.71. The summed E-state index contributed by atoms with van der Waals surface area (Å²) in [6.45, 7) is 4.67. The van der Waals surface area contributed by atoms with Gasteiger partial charge in [-0.25, -0.2) is 0 Å². The quantitative estimate of drug-likeness (QED) is 0.849. The molecule has 2 N–H and O–H groups in total. The standard InChI is InChI=1S/C14H23NS/c1-11(2)12-5-3-7-14(15,9-12)10-13-6-4-8-16-13/h4,6,8,11-12H,3,5,7,9-10,15H2,1-2H3. The second kappa shape index (κ2) is 4.89. The molecule has 1 aliphatic carbocycles. The molecule has 0 amide bonds. The largest absolute Gasteiger partial charge is 0.325 e. The number of hydrogen-bond acceptors (Lipinski definition) is 2. The molecule has 1 aliphatic rings. The second-order valence-corrected chi connectivity index (χ2v) is 6.75. The summed E-state index contributed by atoms with van der Waals surface area (Å²) in [4.78, 5) is 1.45. The molecule has 90 valence electrons. The maximum Gasteiger partial charge on any atom is 0.0205 e. The van der Waals surface area contributed by atoms with Crippen molar-refractivity contribution in [3.8, 4) is 0 Å². The number of thiophene rings is 1. The molecule has 2 heteroatoms. The highest BCUT2D eigenvalue weighted by Crippen LogP contribution is 2.37. The Morgan fingerprint density at radius 2 is 2.38 bits per heavy atom. The van der Waals surface area contributed by atoms with Crippen LogP contribution in [0.25, 0.3) is 0 Å². The van der Waals surface area contributed by atoms with Crippen molar-refractivity contribution in [1.29, 1.82) is 0 Å². The van der Waals surface area contributed by atoms with Gasteiger partial charge in [0.2, 0.25) is 0 Å². The molecule has 16 heavy (non-hydrogen) atoms. The molecular formula is C14H23NS. The van der Waals surface area contributed by atoms with E-state index in [1.807, 2.05) is 11.3 Å². The average molecular weight is 237 g/mol. The minimum absolute atomic E-state index is 0.0675. The van der Waals surface area contributed by atoms with E-state index in [1.54, 1.807) is 0 Å². The molecule has 1 saturated carbocycles. The van der Waals surface area contributed by atoms with E-state index in [-0.39, 0.29) is 5.54 Å². The highest BCUT2D eigenvalue weighted by atomic mass is 32.1. The number of nitrogens with two attached hydrogens (primary N) is 1. The SMILES string of the molecule is CC(C)C1CCCC(N)(Cc2cccs2)C1. The lowest BCUT2D eigenvalue weighted by Gasteiger charge is -2.39. The predicted octanol–water partition coefficient (Wildman–Crippen LogP) is 3.83. The average Bonchev–Trinajstić information content (AvgIpc) is 2.69.